The Kier molecular flexibility index (Phi) is 4.38. The van der Waals surface area contributed by atoms with Crippen molar-refractivity contribution in [3.8, 4) is 0 Å². The lowest BCUT2D eigenvalue weighted by atomic mass is 10.0. The number of hydrogen-bond donors (Lipinski definition) is 1. The molecule has 102 valence electrons. The molecule has 3 nitrogen and oxygen atoms in total. The van der Waals surface area contributed by atoms with Gasteiger partial charge < -0.3 is 5.32 Å². The van der Waals surface area contributed by atoms with E-state index in [-0.39, 0.29) is 0 Å². The van der Waals surface area contributed by atoms with Crippen LogP contribution in [0.3, 0.4) is 0 Å². The highest BCUT2D eigenvalue weighted by molar-refractivity contribution is 5.25. The minimum Gasteiger partial charge on any atom is -0.306 e. The van der Waals surface area contributed by atoms with Gasteiger partial charge in [-0.25, -0.2) is 0 Å². The van der Waals surface area contributed by atoms with Crippen LogP contribution in [0.5, 0.6) is 0 Å². The van der Waals surface area contributed by atoms with Crippen molar-refractivity contribution in [3.63, 3.8) is 0 Å². The van der Waals surface area contributed by atoms with Crippen LogP contribution in [-0.4, -0.2) is 9.78 Å². The van der Waals surface area contributed by atoms with E-state index < -0.39 is 0 Å². The largest absolute Gasteiger partial charge is 0.306 e. The lowest BCUT2D eigenvalue weighted by molar-refractivity contribution is 0.573. The fraction of sp³-hybridized carbons (Fsp3) is 0.438. The third kappa shape index (κ3) is 3.44. The molecule has 1 unspecified atom stereocenters. The van der Waals surface area contributed by atoms with E-state index in [0.29, 0.717) is 6.04 Å². The standard InChI is InChI=1S/C16H23N3/c1-5-14-6-8-15(9-7-14)12(2)17-10-16-11-19(4)18-13(16)3/h6-9,11-12,17H,5,10H2,1-4H3. The molecular formula is C16H23N3. The Bertz CT molecular complexity index is 525. The van der Waals surface area contributed by atoms with Crippen LogP contribution in [0.1, 0.15) is 42.3 Å². The molecule has 1 heterocycles. The smallest absolute Gasteiger partial charge is 0.0638 e. The molecule has 2 aromatic rings. The van der Waals surface area contributed by atoms with Crippen LogP contribution in [0.2, 0.25) is 0 Å². The van der Waals surface area contributed by atoms with Gasteiger partial charge in [-0.15, -0.1) is 0 Å². The van der Waals surface area contributed by atoms with Crippen molar-refractivity contribution in [1.29, 1.82) is 0 Å². The summed E-state index contributed by atoms with van der Waals surface area (Å²) in [5.74, 6) is 0. The molecule has 0 saturated heterocycles. The Morgan fingerprint density at radius 1 is 1.26 bits per heavy atom. The first-order chi connectivity index (χ1) is 9.10. The second-order valence-electron chi connectivity index (χ2n) is 5.11. The van der Waals surface area contributed by atoms with Gasteiger partial charge in [0.25, 0.3) is 0 Å². The van der Waals surface area contributed by atoms with Crippen LogP contribution in [0, 0.1) is 6.92 Å². The van der Waals surface area contributed by atoms with Gasteiger partial charge in [0, 0.05) is 31.4 Å². The fourth-order valence-electron chi connectivity index (χ4n) is 2.25. The summed E-state index contributed by atoms with van der Waals surface area (Å²) in [6.07, 6.45) is 3.17. The molecule has 0 radical (unpaired) electrons. The zero-order chi connectivity index (χ0) is 13.8. The summed E-state index contributed by atoms with van der Waals surface area (Å²) in [5, 5.41) is 7.91. The first-order valence-corrected chi connectivity index (χ1v) is 6.91. The van der Waals surface area contributed by atoms with E-state index in [1.54, 1.807) is 0 Å². The lowest BCUT2D eigenvalue weighted by Gasteiger charge is -2.14. The summed E-state index contributed by atoms with van der Waals surface area (Å²) >= 11 is 0. The van der Waals surface area contributed by atoms with E-state index in [4.69, 9.17) is 0 Å². The molecule has 0 saturated carbocycles. The first kappa shape index (κ1) is 13.8. The maximum absolute atomic E-state index is 4.36. The zero-order valence-electron chi connectivity index (χ0n) is 12.3. The number of aryl methyl sites for hydroxylation is 3. The minimum atomic E-state index is 0.352. The van der Waals surface area contributed by atoms with E-state index in [1.807, 2.05) is 11.7 Å². The van der Waals surface area contributed by atoms with Crippen LogP contribution < -0.4 is 5.32 Å². The van der Waals surface area contributed by atoms with Crippen molar-refractivity contribution in [2.24, 2.45) is 7.05 Å². The third-order valence-corrected chi connectivity index (χ3v) is 3.60. The van der Waals surface area contributed by atoms with Crippen molar-refractivity contribution >= 4 is 0 Å². The molecule has 0 spiro atoms. The van der Waals surface area contributed by atoms with Crippen molar-refractivity contribution in [3.05, 3.63) is 52.8 Å². The van der Waals surface area contributed by atoms with E-state index in [1.165, 1.54) is 16.7 Å². The Labute approximate surface area is 115 Å². The molecule has 0 bridgehead atoms. The normalized spacial score (nSPS) is 12.6. The zero-order valence-corrected chi connectivity index (χ0v) is 12.3. The van der Waals surface area contributed by atoms with Gasteiger partial charge in [-0.05, 0) is 31.4 Å². The molecule has 0 amide bonds. The quantitative estimate of drug-likeness (QED) is 0.891. The van der Waals surface area contributed by atoms with Crippen molar-refractivity contribution in [1.82, 2.24) is 15.1 Å². The highest BCUT2D eigenvalue weighted by atomic mass is 15.2. The van der Waals surface area contributed by atoms with Gasteiger partial charge in [0.1, 0.15) is 0 Å². The molecule has 1 aromatic heterocycles. The molecular weight excluding hydrogens is 234 g/mol. The predicted octanol–water partition coefficient (Wildman–Crippen LogP) is 3.14. The molecule has 19 heavy (non-hydrogen) atoms. The second kappa shape index (κ2) is 6.02. The molecule has 0 aliphatic rings. The monoisotopic (exact) mass is 257 g/mol. The topological polar surface area (TPSA) is 29.9 Å². The van der Waals surface area contributed by atoms with Crippen LogP contribution in [0.15, 0.2) is 30.5 Å². The van der Waals surface area contributed by atoms with Gasteiger partial charge >= 0.3 is 0 Å². The summed E-state index contributed by atoms with van der Waals surface area (Å²) in [6.45, 7) is 7.29. The Hall–Kier alpha value is -1.61. The molecule has 1 aromatic carbocycles. The van der Waals surface area contributed by atoms with Crippen molar-refractivity contribution < 1.29 is 0 Å². The number of aromatic nitrogens is 2. The lowest BCUT2D eigenvalue weighted by Crippen LogP contribution is -2.18. The van der Waals surface area contributed by atoms with Crippen LogP contribution >= 0.6 is 0 Å². The van der Waals surface area contributed by atoms with Crippen molar-refractivity contribution in [2.75, 3.05) is 0 Å². The van der Waals surface area contributed by atoms with Crippen LogP contribution in [0.25, 0.3) is 0 Å². The van der Waals surface area contributed by atoms with Gasteiger partial charge in [0.2, 0.25) is 0 Å². The molecule has 0 aliphatic carbocycles. The van der Waals surface area contributed by atoms with Gasteiger partial charge in [-0.3, -0.25) is 4.68 Å². The van der Waals surface area contributed by atoms with E-state index in [9.17, 15) is 0 Å². The van der Waals surface area contributed by atoms with Gasteiger partial charge in [0.15, 0.2) is 0 Å². The summed E-state index contributed by atoms with van der Waals surface area (Å²) in [4.78, 5) is 0. The van der Waals surface area contributed by atoms with E-state index in [0.717, 1.165) is 18.7 Å². The second-order valence-corrected chi connectivity index (χ2v) is 5.11. The molecule has 0 fully saturated rings. The number of nitrogens with one attached hydrogen (secondary N) is 1. The minimum absolute atomic E-state index is 0.352. The predicted molar refractivity (Wildman–Crippen MR) is 79.0 cm³/mol. The number of nitrogens with zero attached hydrogens (tertiary/aromatic N) is 2. The van der Waals surface area contributed by atoms with Gasteiger partial charge in [0.05, 0.1) is 5.69 Å². The Morgan fingerprint density at radius 2 is 1.95 bits per heavy atom. The maximum Gasteiger partial charge on any atom is 0.0638 e. The van der Waals surface area contributed by atoms with Gasteiger partial charge in [-0.2, -0.15) is 5.10 Å². The average molecular weight is 257 g/mol. The molecule has 1 N–H and O–H groups in total. The first-order valence-electron chi connectivity index (χ1n) is 6.91. The highest BCUT2D eigenvalue weighted by Crippen LogP contribution is 2.15. The third-order valence-electron chi connectivity index (χ3n) is 3.60. The summed E-state index contributed by atoms with van der Waals surface area (Å²) in [7, 11) is 1.96. The summed E-state index contributed by atoms with van der Waals surface area (Å²) in [6, 6.07) is 9.20. The number of rotatable bonds is 5. The molecule has 3 heteroatoms. The molecule has 1 atom stereocenters. The Morgan fingerprint density at radius 3 is 2.47 bits per heavy atom. The highest BCUT2D eigenvalue weighted by Gasteiger charge is 2.07. The van der Waals surface area contributed by atoms with E-state index >= 15 is 0 Å². The number of hydrogen-bond acceptors (Lipinski definition) is 2. The molecule has 0 aliphatic heterocycles. The summed E-state index contributed by atoms with van der Waals surface area (Å²) in [5.41, 5.74) is 5.08. The van der Waals surface area contributed by atoms with Crippen LogP contribution in [0.4, 0.5) is 0 Å². The number of benzene rings is 1. The van der Waals surface area contributed by atoms with Crippen LogP contribution in [-0.2, 0) is 20.0 Å². The summed E-state index contributed by atoms with van der Waals surface area (Å²) < 4.78 is 1.87. The van der Waals surface area contributed by atoms with Gasteiger partial charge in [-0.1, -0.05) is 31.2 Å². The fourth-order valence-corrected chi connectivity index (χ4v) is 2.25. The Balaban J connectivity index is 1.96. The average Bonchev–Trinajstić information content (AvgIpc) is 2.74. The SMILES string of the molecule is CCc1ccc(C(C)NCc2cn(C)nc2C)cc1. The molecule has 2 rings (SSSR count). The maximum atomic E-state index is 4.36. The van der Waals surface area contributed by atoms with E-state index in [2.05, 4.69) is 61.6 Å². The van der Waals surface area contributed by atoms with Crippen molar-refractivity contribution in [2.45, 2.75) is 39.8 Å².